The Morgan fingerprint density at radius 2 is 2.10 bits per heavy atom. The zero-order chi connectivity index (χ0) is 14.7. The predicted octanol–water partition coefficient (Wildman–Crippen LogP) is 3.59. The van der Waals surface area contributed by atoms with Gasteiger partial charge in [-0.25, -0.2) is 0 Å². The summed E-state index contributed by atoms with van der Waals surface area (Å²) in [5.41, 5.74) is 2.01. The lowest BCUT2D eigenvalue weighted by molar-refractivity contribution is 0.0990. The summed E-state index contributed by atoms with van der Waals surface area (Å²) < 4.78 is 1.77. The molecule has 4 nitrogen and oxygen atoms in total. The first-order valence-corrected chi connectivity index (χ1v) is 7.20. The lowest BCUT2D eigenvalue weighted by atomic mass is 10.1. The molecule has 2 aromatic heterocycles. The smallest absolute Gasteiger partial charge is 0.170 e. The van der Waals surface area contributed by atoms with Crippen molar-refractivity contribution < 1.29 is 4.79 Å². The SMILES string of the molecule is CCc1nn(CC)c(CC(=O)c2ccncc2Cl)c1Cl. The highest BCUT2D eigenvalue weighted by Gasteiger charge is 2.19. The molecule has 0 fully saturated rings. The minimum atomic E-state index is -0.0865. The molecule has 0 aliphatic carbocycles. The van der Waals surface area contributed by atoms with E-state index < -0.39 is 0 Å². The lowest BCUT2D eigenvalue weighted by Gasteiger charge is -2.06. The van der Waals surface area contributed by atoms with Gasteiger partial charge >= 0.3 is 0 Å². The van der Waals surface area contributed by atoms with Crippen molar-refractivity contribution in [2.24, 2.45) is 0 Å². The second-order valence-electron chi connectivity index (χ2n) is 4.33. The number of carbonyl (C=O) groups excluding carboxylic acids is 1. The molecule has 2 aromatic rings. The number of rotatable bonds is 5. The molecule has 0 radical (unpaired) electrons. The zero-order valence-electron chi connectivity index (χ0n) is 11.4. The molecular formula is C14H15Cl2N3O. The highest BCUT2D eigenvalue weighted by molar-refractivity contribution is 6.34. The van der Waals surface area contributed by atoms with Crippen LogP contribution in [0.4, 0.5) is 0 Å². The van der Waals surface area contributed by atoms with Crippen LogP contribution in [-0.4, -0.2) is 20.5 Å². The van der Waals surface area contributed by atoms with Crippen molar-refractivity contribution in [3.63, 3.8) is 0 Å². The molecule has 0 N–H and O–H groups in total. The fourth-order valence-electron chi connectivity index (χ4n) is 2.03. The maximum Gasteiger partial charge on any atom is 0.170 e. The lowest BCUT2D eigenvalue weighted by Crippen LogP contribution is -2.10. The Balaban J connectivity index is 2.33. The molecule has 0 atom stereocenters. The Kier molecular flexibility index (Phi) is 4.78. The molecular weight excluding hydrogens is 297 g/mol. The molecule has 0 spiro atoms. The van der Waals surface area contributed by atoms with E-state index in [9.17, 15) is 4.79 Å². The number of hydrogen-bond donors (Lipinski definition) is 0. The van der Waals surface area contributed by atoms with Crippen LogP contribution in [0.3, 0.4) is 0 Å². The van der Waals surface area contributed by atoms with Gasteiger partial charge in [0.15, 0.2) is 5.78 Å². The van der Waals surface area contributed by atoms with Crippen LogP contribution in [0.2, 0.25) is 10.0 Å². The van der Waals surface area contributed by atoms with Gasteiger partial charge in [-0.3, -0.25) is 14.5 Å². The van der Waals surface area contributed by atoms with E-state index in [0.717, 1.165) is 17.8 Å². The number of ketones is 1. The van der Waals surface area contributed by atoms with Gasteiger partial charge in [-0.1, -0.05) is 30.1 Å². The third-order valence-corrected chi connectivity index (χ3v) is 3.83. The van der Waals surface area contributed by atoms with Crippen molar-refractivity contribution in [1.82, 2.24) is 14.8 Å². The summed E-state index contributed by atoms with van der Waals surface area (Å²) in [6, 6.07) is 1.62. The van der Waals surface area contributed by atoms with Crippen LogP contribution in [0.1, 0.15) is 35.6 Å². The van der Waals surface area contributed by atoms with E-state index in [4.69, 9.17) is 23.2 Å². The Morgan fingerprint density at radius 3 is 2.70 bits per heavy atom. The van der Waals surface area contributed by atoms with Crippen molar-refractivity contribution in [2.45, 2.75) is 33.2 Å². The van der Waals surface area contributed by atoms with Gasteiger partial charge in [0, 0.05) is 24.5 Å². The molecule has 20 heavy (non-hydrogen) atoms. The summed E-state index contributed by atoms with van der Waals surface area (Å²) >= 11 is 12.3. The Hall–Kier alpha value is -1.39. The monoisotopic (exact) mass is 311 g/mol. The number of aromatic nitrogens is 3. The largest absolute Gasteiger partial charge is 0.294 e. The van der Waals surface area contributed by atoms with Gasteiger partial charge in [0.2, 0.25) is 0 Å². The Morgan fingerprint density at radius 1 is 1.35 bits per heavy atom. The molecule has 0 aliphatic heterocycles. The molecule has 6 heteroatoms. The maximum absolute atomic E-state index is 12.3. The highest BCUT2D eigenvalue weighted by atomic mass is 35.5. The average Bonchev–Trinajstić information content (AvgIpc) is 2.75. The number of aryl methyl sites for hydroxylation is 2. The van der Waals surface area contributed by atoms with E-state index in [-0.39, 0.29) is 12.2 Å². The normalized spacial score (nSPS) is 10.8. The summed E-state index contributed by atoms with van der Waals surface area (Å²) in [7, 11) is 0. The van der Waals surface area contributed by atoms with Crippen molar-refractivity contribution in [1.29, 1.82) is 0 Å². The van der Waals surface area contributed by atoms with E-state index >= 15 is 0 Å². The van der Waals surface area contributed by atoms with Gasteiger partial charge in [0.1, 0.15) is 0 Å². The fourth-order valence-corrected chi connectivity index (χ4v) is 2.60. The summed E-state index contributed by atoms with van der Waals surface area (Å²) in [6.45, 7) is 4.63. The van der Waals surface area contributed by atoms with E-state index in [0.29, 0.717) is 22.2 Å². The van der Waals surface area contributed by atoms with Gasteiger partial charge in [-0.2, -0.15) is 5.10 Å². The molecule has 0 saturated carbocycles. The van der Waals surface area contributed by atoms with E-state index in [1.54, 1.807) is 16.9 Å². The van der Waals surface area contributed by atoms with Gasteiger partial charge in [0.25, 0.3) is 0 Å². The third kappa shape index (κ3) is 2.86. The number of pyridine rings is 1. The predicted molar refractivity (Wildman–Crippen MR) is 79.6 cm³/mol. The van der Waals surface area contributed by atoms with Crippen LogP contribution in [0.5, 0.6) is 0 Å². The van der Waals surface area contributed by atoms with Crippen LogP contribution >= 0.6 is 23.2 Å². The van der Waals surface area contributed by atoms with Crippen LogP contribution in [-0.2, 0) is 19.4 Å². The summed E-state index contributed by atoms with van der Waals surface area (Å²) in [4.78, 5) is 16.2. The molecule has 0 aliphatic rings. The average molecular weight is 312 g/mol. The van der Waals surface area contributed by atoms with Crippen LogP contribution in [0, 0.1) is 0 Å². The molecule has 0 bridgehead atoms. The summed E-state index contributed by atoms with van der Waals surface area (Å²) in [5, 5.41) is 5.33. The molecule has 0 amide bonds. The summed E-state index contributed by atoms with van der Waals surface area (Å²) in [5.74, 6) is -0.0865. The minimum absolute atomic E-state index is 0.0865. The first-order valence-electron chi connectivity index (χ1n) is 6.45. The molecule has 2 heterocycles. The highest BCUT2D eigenvalue weighted by Crippen LogP contribution is 2.24. The second-order valence-corrected chi connectivity index (χ2v) is 5.12. The van der Waals surface area contributed by atoms with Gasteiger partial charge in [-0.05, 0) is 19.4 Å². The van der Waals surface area contributed by atoms with Gasteiger partial charge < -0.3 is 0 Å². The van der Waals surface area contributed by atoms with Crippen LogP contribution in [0.15, 0.2) is 18.5 Å². The van der Waals surface area contributed by atoms with Crippen LogP contribution in [0.25, 0.3) is 0 Å². The Bertz CT molecular complexity index is 637. The zero-order valence-corrected chi connectivity index (χ0v) is 12.9. The minimum Gasteiger partial charge on any atom is -0.294 e. The number of nitrogens with zero attached hydrogens (tertiary/aromatic N) is 3. The van der Waals surface area contributed by atoms with Crippen molar-refractivity contribution in [2.75, 3.05) is 0 Å². The topological polar surface area (TPSA) is 47.8 Å². The molecule has 0 aromatic carbocycles. The molecule has 106 valence electrons. The number of hydrogen-bond acceptors (Lipinski definition) is 3. The number of carbonyl (C=O) groups is 1. The number of Topliss-reactive ketones (excluding diaryl/α,β-unsaturated/α-hetero) is 1. The van der Waals surface area contributed by atoms with Crippen LogP contribution < -0.4 is 0 Å². The second kappa shape index (κ2) is 6.37. The quantitative estimate of drug-likeness (QED) is 0.793. The maximum atomic E-state index is 12.3. The molecule has 0 unspecified atom stereocenters. The number of halogens is 2. The molecule has 2 rings (SSSR count). The summed E-state index contributed by atoms with van der Waals surface area (Å²) in [6.07, 6.45) is 3.94. The first kappa shape index (κ1) is 15.0. The first-order chi connectivity index (χ1) is 9.58. The van der Waals surface area contributed by atoms with Crippen molar-refractivity contribution >= 4 is 29.0 Å². The van der Waals surface area contributed by atoms with E-state index in [1.165, 1.54) is 6.20 Å². The Labute approximate surface area is 127 Å². The molecule has 0 saturated heterocycles. The van der Waals surface area contributed by atoms with Gasteiger partial charge in [0.05, 0.1) is 27.9 Å². The van der Waals surface area contributed by atoms with Gasteiger partial charge in [-0.15, -0.1) is 0 Å². The van der Waals surface area contributed by atoms with E-state index in [1.807, 2.05) is 13.8 Å². The fraction of sp³-hybridized carbons (Fsp3) is 0.357. The van der Waals surface area contributed by atoms with E-state index in [2.05, 4.69) is 10.1 Å². The van der Waals surface area contributed by atoms with Crippen molar-refractivity contribution in [3.8, 4) is 0 Å². The standard InChI is InChI=1S/C14H15Cl2N3O/c1-3-11-14(16)12(19(4-2)18-11)7-13(20)9-5-6-17-8-10(9)15/h5-6,8H,3-4,7H2,1-2H3. The third-order valence-electron chi connectivity index (χ3n) is 3.10. The van der Waals surface area contributed by atoms with Crippen molar-refractivity contribution in [3.05, 3.63) is 45.5 Å².